The summed E-state index contributed by atoms with van der Waals surface area (Å²) < 4.78 is 6.55. The van der Waals surface area contributed by atoms with Gasteiger partial charge >= 0.3 is 5.97 Å². The lowest BCUT2D eigenvalue weighted by molar-refractivity contribution is -0.123. The van der Waals surface area contributed by atoms with Crippen LogP contribution in [0.15, 0.2) is 47.3 Å². The van der Waals surface area contributed by atoms with Gasteiger partial charge in [-0.3, -0.25) is 9.59 Å². The van der Waals surface area contributed by atoms with Crippen molar-refractivity contribution in [2.45, 2.75) is 32.9 Å². The third-order valence-electron chi connectivity index (χ3n) is 4.36. The van der Waals surface area contributed by atoms with Gasteiger partial charge in [0.2, 0.25) is 0 Å². The molecular weight excluding hydrogens is 429 g/mol. The number of ether oxygens (including phenoxy) is 1. The molecule has 0 saturated carbocycles. The van der Waals surface area contributed by atoms with E-state index in [1.165, 1.54) is 11.6 Å². The number of fused-ring (bicyclic) bond motifs is 1. The quantitative estimate of drug-likeness (QED) is 0.568. The number of hydrogen-bond acceptors (Lipinski definition) is 5. The number of esters is 1. The van der Waals surface area contributed by atoms with Gasteiger partial charge in [0.25, 0.3) is 11.5 Å². The van der Waals surface area contributed by atoms with E-state index in [2.05, 4.69) is 10.4 Å². The monoisotopic (exact) mass is 447 g/mol. The Balaban J connectivity index is 1.85. The van der Waals surface area contributed by atoms with E-state index in [-0.39, 0.29) is 21.3 Å². The molecule has 1 aromatic heterocycles. The second kappa shape index (κ2) is 9.28. The van der Waals surface area contributed by atoms with Crippen LogP contribution in [0, 0.1) is 0 Å². The lowest BCUT2D eigenvalue weighted by atomic mass is 10.1. The van der Waals surface area contributed by atoms with E-state index >= 15 is 0 Å². The number of amides is 1. The lowest BCUT2D eigenvalue weighted by Gasteiger charge is -2.15. The molecule has 9 heteroatoms. The van der Waals surface area contributed by atoms with Crippen LogP contribution in [-0.2, 0) is 16.1 Å². The number of halogens is 2. The highest BCUT2D eigenvalue weighted by atomic mass is 35.5. The van der Waals surface area contributed by atoms with E-state index < -0.39 is 18.0 Å². The van der Waals surface area contributed by atoms with Gasteiger partial charge in [-0.2, -0.15) is 5.10 Å². The van der Waals surface area contributed by atoms with Crippen molar-refractivity contribution in [3.8, 4) is 0 Å². The van der Waals surface area contributed by atoms with E-state index in [1.54, 1.807) is 42.5 Å². The summed E-state index contributed by atoms with van der Waals surface area (Å²) in [5.74, 6) is -1.39. The van der Waals surface area contributed by atoms with Crippen LogP contribution >= 0.6 is 23.2 Å². The van der Waals surface area contributed by atoms with Crippen molar-refractivity contribution in [1.29, 1.82) is 0 Å². The highest BCUT2D eigenvalue weighted by molar-refractivity contribution is 6.44. The molecule has 30 heavy (non-hydrogen) atoms. The Morgan fingerprint density at radius 1 is 1.13 bits per heavy atom. The van der Waals surface area contributed by atoms with Crippen molar-refractivity contribution < 1.29 is 14.3 Å². The average molecular weight is 448 g/mol. The number of carbonyl (C=O) groups excluding carboxylic acids is 2. The van der Waals surface area contributed by atoms with Crippen molar-refractivity contribution in [3.05, 3.63) is 68.6 Å². The summed E-state index contributed by atoms with van der Waals surface area (Å²) in [6.45, 7) is 3.68. The number of nitrogens with one attached hydrogen (secondary N) is 1. The standard InChI is InChI=1S/C21H19Cl2N3O4/c1-3-11-26-20(28)14-8-5-4-7-13(14)18(25-26)21(29)30-12(2)19(27)24-16-10-6-9-15(22)17(16)23/h4-10,12H,3,11H2,1-2H3,(H,24,27). The smallest absolute Gasteiger partial charge is 0.360 e. The van der Waals surface area contributed by atoms with Crippen LogP contribution in [0.25, 0.3) is 10.8 Å². The molecule has 0 aliphatic rings. The van der Waals surface area contributed by atoms with Gasteiger partial charge in [0, 0.05) is 11.9 Å². The van der Waals surface area contributed by atoms with Gasteiger partial charge in [0.1, 0.15) is 0 Å². The zero-order chi connectivity index (χ0) is 21.8. The van der Waals surface area contributed by atoms with Gasteiger partial charge in [0.05, 0.1) is 21.1 Å². The molecule has 156 valence electrons. The first-order valence-electron chi connectivity index (χ1n) is 9.29. The minimum atomic E-state index is -1.14. The first-order chi connectivity index (χ1) is 14.3. The Labute approximate surface area is 182 Å². The Kier molecular flexibility index (Phi) is 6.74. The van der Waals surface area contributed by atoms with E-state index in [1.807, 2.05) is 6.92 Å². The van der Waals surface area contributed by atoms with Crippen molar-refractivity contribution in [3.63, 3.8) is 0 Å². The molecule has 0 saturated heterocycles. The summed E-state index contributed by atoms with van der Waals surface area (Å²) in [4.78, 5) is 37.8. The third kappa shape index (κ3) is 4.47. The van der Waals surface area contributed by atoms with Crippen LogP contribution < -0.4 is 10.9 Å². The predicted octanol–water partition coefficient (Wildman–Crippen LogP) is 4.30. The molecule has 0 aliphatic carbocycles. The van der Waals surface area contributed by atoms with Gasteiger partial charge in [-0.1, -0.05) is 54.4 Å². The maximum absolute atomic E-state index is 12.8. The molecule has 0 radical (unpaired) electrons. The molecule has 0 aliphatic heterocycles. The zero-order valence-corrected chi connectivity index (χ0v) is 17.8. The molecule has 1 unspecified atom stereocenters. The fourth-order valence-corrected chi connectivity index (χ4v) is 3.20. The van der Waals surface area contributed by atoms with Crippen molar-refractivity contribution in [2.75, 3.05) is 5.32 Å². The summed E-state index contributed by atoms with van der Waals surface area (Å²) in [6.07, 6.45) is -0.474. The Hall–Kier alpha value is -2.90. The molecule has 3 aromatic rings. The minimum absolute atomic E-state index is 0.0286. The Morgan fingerprint density at radius 2 is 1.83 bits per heavy atom. The third-order valence-corrected chi connectivity index (χ3v) is 5.18. The second-order valence-corrected chi connectivity index (χ2v) is 7.35. The molecule has 1 atom stereocenters. The van der Waals surface area contributed by atoms with Crippen molar-refractivity contribution in [1.82, 2.24) is 9.78 Å². The van der Waals surface area contributed by atoms with Crippen LogP contribution in [0.5, 0.6) is 0 Å². The summed E-state index contributed by atoms with van der Waals surface area (Å²) in [5, 5.41) is 7.94. The van der Waals surface area contributed by atoms with Crippen molar-refractivity contribution >= 4 is 51.5 Å². The molecule has 2 aromatic carbocycles. The van der Waals surface area contributed by atoms with E-state index in [0.29, 0.717) is 29.4 Å². The summed E-state index contributed by atoms with van der Waals surface area (Å²) in [6, 6.07) is 11.4. The average Bonchev–Trinajstić information content (AvgIpc) is 2.73. The number of hydrogen-bond donors (Lipinski definition) is 1. The normalized spacial score (nSPS) is 11.9. The van der Waals surface area contributed by atoms with Crippen LogP contribution in [0.2, 0.25) is 10.0 Å². The van der Waals surface area contributed by atoms with E-state index in [0.717, 1.165) is 0 Å². The molecule has 3 rings (SSSR count). The highest BCUT2D eigenvalue weighted by Gasteiger charge is 2.24. The number of aromatic nitrogens is 2. The molecule has 0 bridgehead atoms. The van der Waals surface area contributed by atoms with Gasteiger partial charge < -0.3 is 10.1 Å². The zero-order valence-electron chi connectivity index (χ0n) is 16.3. The summed E-state index contributed by atoms with van der Waals surface area (Å²) in [5.41, 5.74) is -0.0124. The van der Waals surface area contributed by atoms with E-state index in [9.17, 15) is 14.4 Å². The van der Waals surface area contributed by atoms with Gasteiger partial charge in [-0.25, -0.2) is 9.48 Å². The molecule has 1 N–H and O–H groups in total. The molecule has 7 nitrogen and oxygen atoms in total. The topological polar surface area (TPSA) is 90.3 Å². The summed E-state index contributed by atoms with van der Waals surface area (Å²) >= 11 is 12.0. The second-order valence-electron chi connectivity index (χ2n) is 6.56. The number of nitrogens with zero attached hydrogens (tertiary/aromatic N) is 2. The molecule has 0 spiro atoms. The van der Waals surface area contributed by atoms with Crippen LogP contribution in [0.3, 0.4) is 0 Å². The van der Waals surface area contributed by atoms with Crippen molar-refractivity contribution in [2.24, 2.45) is 0 Å². The van der Waals surface area contributed by atoms with Gasteiger partial charge in [0.15, 0.2) is 11.8 Å². The van der Waals surface area contributed by atoms with Gasteiger partial charge in [-0.15, -0.1) is 0 Å². The number of anilines is 1. The number of carbonyl (C=O) groups is 2. The first-order valence-corrected chi connectivity index (χ1v) is 10.0. The molecular formula is C21H19Cl2N3O4. The van der Waals surface area contributed by atoms with E-state index in [4.69, 9.17) is 27.9 Å². The van der Waals surface area contributed by atoms with Crippen LogP contribution in [0.4, 0.5) is 5.69 Å². The molecule has 1 amide bonds. The Morgan fingerprint density at radius 3 is 2.53 bits per heavy atom. The molecule has 1 heterocycles. The minimum Gasteiger partial charge on any atom is -0.448 e. The highest BCUT2D eigenvalue weighted by Crippen LogP contribution is 2.29. The predicted molar refractivity (Wildman–Crippen MR) is 116 cm³/mol. The maximum Gasteiger partial charge on any atom is 0.360 e. The SMILES string of the molecule is CCCn1nc(C(=O)OC(C)C(=O)Nc2cccc(Cl)c2Cl)c2ccccc2c1=O. The molecule has 0 fully saturated rings. The fourth-order valence-electron chi connectivity index (χ4n) is 2.85. The number of aryl methyl sites for hydroxylation is 1. The van der Waals surface area contributed by atoms with Crippen LogP contribution in [0.1, 0.15) is 30.8 Å². The fraction of sp³-hybridized carbons (Fsp3) is 0.238. The lowest BCUT2D eigenvalue weighted by Crippen LogP contribution is -2.32. The Bertz CT molecular complexity index is 1180. The number of benzene rings is 2. The first kappa shape index (κ1) is 21.8. The largest absolute Gasteiger partial charge is 0.448 e. The van der Waals surface area contributed by atoms with Crippen LogP contribution in [-0.4, -0.2) is 27.8 Å². The maximum atomic E-state index is 12.8. The van der Waals surface area contributed by atoms with Gasteiger partial charge in [-0.05, 0) is 31.5 Å². The number of rotatable bonds is 6. The summed E-state index contributed by atoms with van der Waals surface area (Å²) in [7, 11) is 0.